The van der Waals surface area contributed by atoms with Crippen LogP contribution in [-0.2, 0) is 5.41 Å². The molecule has 6 heteroatoms. The molecule has 6 nitrogen and oxygen atoms in total. The summed E-state index contributed by atoms with van der Waals surface area (Å²) < 4.78 is 13.9. The molecule has 0 bridgehead atoms. The number of para-hydroxylation sites is 1. The second-order valence-corrected chi connectivity index (χ2v) is 16.2. The van der Waals surface area contributed by atoms with Crippen molar-refractivity contribution in [1.82, 2.24) is 15.0 Å². The molecule has 2 aliphatic rings. The van der Waals surface area contributed by atoms with Crippen LogP contribution in [0, 0.1) is 11.3 Å². The maximum absolute atomic E-state index is 9.54. The highest BCUT2D eigenvalue weighted by atomic mass is 16.6. The lowest BCUT2D eigenvalue weighted by atomic mass is 9.68. The lowest BCUT2D eigenvalue weighted by Crippen LogP contribution is -2.28. The Morgan fingerprint density at radius 3 is 1.60 bits per heavy atom. The fourth-order valence-electron chi connectivity index (χ4n) is 9.57. The van der Waals surface area contributed by atoms with Gasteiger partial charge in [-0.3, -0.25) is 0 Å². The first-order valence-corrected chi connectivity index (χ1v) is 21.6. The van der Waals surface area contributed by atoms with Crippen molar-refractivity contribution in [3.8, 4) is 96.6 Å². The van der Waals surface area contributed by atoms with Gasteiger partial charge < -0.3 is 9.47 Å². The van der Waals surface area contributed by atoms with E-state index in [0.717, 1.165) is 55.6 Å². The van der Waals surface area contributed by atoms with Crippen LogP contribution in [0.2, 0.25) is 0 Å². The molecule has 1 aromatic heterocycles. The van der Waals surface area contributed by atoms with E-state index in [1.54, 1.807) is 0 Å². The second kappa shape index (κ2) is 15.5. The Hall–Kier alpha value is -8.92. The Morgan fingerprint density at radius 2 is 0.892 bits per heavy atom. The second-order valence-electron chi connectivity index (χ2n) is 16.2. The Morgan fingerprint density at radius 1 is 0.369 bits per heavy atom. The molecule has 0 spiro atoms. The van der Waals surface area contributed by atoms with Crippen LogP contribution in [-0.4, -0.2) is 15.0 Å². The molecule has 0 unspecified atom stereocenters. The van der Waals surface area contributed by atoms with Crippen molar-refractivity contribution in [3.05, 3.63) is 246 Å². The zero-order valence-corrected chi connectivity index (χ0v) is 34.9. The van der Waals surface area contributed by atoms with E-state index >= 15 is 0 Å². The molecule has 0 fully saturated rings. The van der Waals surface area contributed by atoms with Gasteiger partial charge in [0.05, 0.1) is 17.0 Å². The fraction of sp³-hybridized carbons (Fsp3) is 0.0169. The van der Waals surface area contributed by atoms with Crippen molar-refractivity contribution in [2.45, 2.75) is 5.41 Å². The predicted octanol–water partition coefficient (Wildman–Crippen LogP) is 14.3. The van der Waals surface area contributed by atoms with Gasteiger partial charge in [-0.1, -0.05) is 188 Å². The van der Waals surface area contributed by atoms with Crippen LogP contribution < -0.4 is 9.47 Å². The van der Waals surface area contributed by atoms with E-state index in [2.05, 4.69) is 127 Å². The minimum Gasteiger partial charge on any atom is -0.449 e. The molecule has 304 valence electrons. The van der Waals surface area contributed by atoms with Gasteiger partial charge in [0.15, 0.2) is 40.5 Å². The van der Waals surface area contributed by atoms with Gasteiger partial charge in [0, 0.05) is 27.8 Å². The summed E-state index contributed by atoms with van der Waals surface area (Å²) in [5.74, 6) is 4.37. The molecule has 10 aromatic rings. The van der Waals surface area contributed by atoms with Crippen LogP contribution in [0.1, 0.15) is 27.8 Å². The third-order valence-electron chi connectivity index (χ3n) is 12.5. The first-order valence-electron chi connectivity index (χ1n) is 21.6. The average Bonchev–Trinajstić information content (AvgIpc) is 3.70. The monoisotopic (exact) mass is 832 g/mol. The molecule has 0 N–H and O–H groups in total. The maximum Gasteiger partial charge on any atom is 0.178 e. The molecule has 1 aliphatic heterocycles. The van der Waals surface area contributed by atoms with Gasteiger partial charge in [0.25, 0.3) is 0 Å². The van der Waals surface area contributed by atoms with E-state index in [1.807, 2.05) is 97.1 Å². The Balaban J connectivity index is 0.939. The van der Waals surface area contributed by atoms with Crippen molar-refractivity contribution in [2.24, 2.45) is 0 Å². The molecule has 2 heterocycles. The van der Waals surface area contributed by atoms with E-state index in [1.165, 1.54) is 16.7 Å². The largest absolute Gasteiger partial charge is 0.449 e. The van der Waals surface area contributed by atoms with Gasteiger partial charge in [0.2, 0.25) is 0 Å². The molecule has 12 rings (SSSR count). The molecule has 1 aliphatic carbocycles. The van der Waals surface area contributed by atoms with Crippen LogP contribution in [0.25, 0.3) is 67.5 Å². The molecular weight excluding hydrogens is 797 g/mol. The molecule has 9 aromatic carbocycles. The zero-order valence-electron chi connectivity index (χ0n) is 34.9. The Bertz CT molecular complexity index is 3450. The highest BCUT2D eigenvalue weighted by Crippen LogP contribution is 2.62. The summed E-state index contributed by atoms with van der Waals surface area (Å²) >= 11 is 0. The summed E-state index contributed by atoms with van der Waals surface area (Å²) in [6.07, 6.45) is 0. The summed E-state index contributed by atoms with van der Waals surface area (Å²) in [6.45, 7) is 0. The van der Waals surface area contributed by atoms with Crippen molar-refractivity contribution < 1.29 is 9.47 Å². The average molecular weight is 833 g/mol. The highest BCUT2D eigenvalue weighted by Gasteiger charge is 2.48. The third-order valence-corrected chi connectivity index (χ3v) is 12.5. The van der Waals surface area contributed by atoms with Gasteiger partial charge in [-0.15, -0.1) is 0 Å². The number of hydrogen-bond acceptors (Lipinski definition) is 6. The number of ether oxygens (including phenoxy) is 2. The van der Waals surface area contributed by atoms with Crippen molar-refractivity contribution in [3.63, 3.8) is 0 Å². The minimum absolute atomic E-state index is 0.551. The minimum atomic E-state index is -0.565. The Kier molecular flexibility index (Phi) is 8.99. The maximum atomic E-state index is 9.54. The van der Waals surface area contributed by atoms with Gasteiger partial charge in [0.1, 0.15) is 0 Å². The summed E-state index contributed by atoms with van der Waals surface area (Å²) in [7, 11) is 0. The van der Waals surface area contributed by atoms with Crippen LogP contribution >= 0.6 is 0 Å². The summed E-state index contributed by atoms with van der Waals surface area (Å²) in [6, 6.07) is 76.7. The van der Waals surface area contributed by atoms with Gasteiger partial charge >= 0.3 is 0 Å². The highest BCUT2D eigenvalue weighted by molar-refractivity contribution is 5.92. The zero-order chi connectivity index (χ0) is 43.3. The molecule has 0 saturated carbocycles. The SMILES string of the molecule is N#Cc1cccc(-c2cccc(-c3nc(-c4ccccc4)nc(-c4ccc(-c5cccc6c5Oc5c(ccc7c5-c5ccccc5C7(c5ccccc5)c5ccccc5)O6)cc4)n3)c2)c1. The number of benzene rings is 9. The van der Waals surface area contributed by atoms with E-state index in [-0.39, 0.29) is 0 Å². The van der Waals surface area contributed by atoms with Gasteiger partial charge in [-0.2, -0.15) is 5.26 Å². The van der Waals surface area contributed by atoms with Crippen molar-refractivity contribution in [1.29, 1.82) is 5.26 Å². The van der Waals surface area contributed by atoms with Gasteiger partial charge in [-0.05, 0) is 74.8 Å². The number of rotatable bonds is 7. The van der Waals surface area contributed by atoms with E-state index in [9.17, 15) is 5.26 Å². The normalized spacial score (nSPS) is 12.7. The standard InChI is InChI=1S/C59H36N4O2/c60-37-38-15-12-18-42(35-38)43-19-13-20-44(36-43)58-62-56(40-16-4-1-5-17-40)61-57(63-58)41-31-29-39(30-32-41)47-26-14-28-51-54(47)65-55-52(64-51)34-33-50-53(55)48-25-10-11-27-49(48)59(50,45-21-6-2-7-22-45)46-23-8-3-9-24-46/h1-36H. The quantitative estimate of drug-likeness (QED) is 0.159. The number of fused-ring (bicyclic) bond motifs is 6. The lowest BCUT2D eigenvalue weighted by Gasteiger charge is -2.34. The first-order chi connectivity index (χ1) is 32.2. The number of hydrogen-bond donors (Lipinski definition) is 0. The van der Waals surface area contributed by atoms with Crippen molar-refractivity contribution >= 4 is 0 Å². The Labute approximate surface area is 376 Å². The van der Waals surface area contributed by atoms with E-state index in [4.69, 9.17) is 24.4 Å². The molecule has 0 amide bonds. The molecular formula is C59H36N4O2. The van der Waals surface area contributed by atoms with Crippen LogP contribution in [0.5, 0.6) is 23.0 Å². The fourth-order valence-corrected chi connectivity index (χ4v) is 9.57. The van der Waals surface area contributed by atoms with Gasteiger partial charge in [-0.25, -0.2) is 15.0 Å². The molecule has 0 radical (unpaired) electrons. The molecule has 0 atom stereocenters. The van der Waals surface area contributed by atoms with Crippen molar-refractivity contribution in [2.75, 3.05) is 0 Å². The predicted molar refractivity (Wildman–Crippen MR) is 256 cm³/mol. The molecule has 65 heavy (non-hydrogen) atoms. The summed E-state index contributed by atoms with van der Waals surface area (Å²) in [5, 5.41) is 9.54. The van der Waals surface area contributed by atoms with E-state index in [0.29, 0.717) is 46.0 Å². The topological polar surface area (TPSA) is 80.9 Å². The van der Waals surface area contributed by atoms with E-state index < -0.39 is 5.41 Å². The summed E-state index contributed by atoms with van der Waals surface area (Å²) in [5.41, 5.74) is 13.3. The van der Waals surface area contributed by atoms with Crippen LogP contribution in [0.4, 0.5) is 0 Å². The lowest BCUT2D eigenvalue weighted by molar-refractivity contribution is 0.361. The number of aromatic nitrogens is 3. The smallest absolute Gasteiger partial charge is 0.178 e. The number of nitrogens with zero attached hydrogens (tertiary/aromatic N) is 4. The molecule has 0 saturated heterocycles. The number of nitriles is 1. The summed E-state index contributed by atoms with van der Waals surface area (Å²) in [4.78, 5) is 15.0. The van der Waals surface area contributed by atoms with Crippen LogP contribution in [0.15, 0.2) is 218 Å². The van der Waals surface area contributed by atoms with Crippen LogP contribution in [0.3, 0.4) is 0 Å². The first kappa shape index (κ1) is 37.8. The third kappa shape index (κ3) is 6.29.